The van der Waals surface area contributed by atoms with Crippen LogP contribution in [0.15, 0.2) is 243 Å². The minimum absolute atomic E-state index is 0.0115. The number of likely N-dealkylation sites (N-methyl/N-ethyl adjacent to an activating group) is 1. The maximum atomic E-state index is 13.2. The molecule has 14 rings (SSSR count). The summed E-state index contributed by atoms with van der Waals surface area (Å²) in [6.07, 6.45) is 5.95. The fourth-order valence-corrected chi connectivity index (χ4v) is 16.0. The lowest BCUT2D eigenvalue weighted by atomic mass is 10.0. The van der Waals surface area contributed by atoms with E-state index in [1.54, 1.807) is 19.1 Å². The Balaban J connectivity index is 0.000000216. The first-order valence-corrected chi connectivity index (χ1v) is 50.1. The Bertz CT molecular complexity index is 4870. The Morgan fingerprint density at radius 1 is 0.290 bits per heavy atom. The van der Waals surface area contributed by atoms with Gasteiger partial charge < -0.3 is 48.8 Å². The highest BCUT2D eigenvalue weighted by molar-refractivity contribution is 6.00. The van der Waals surface area contributed by atoms with E-state index in [4.69, 9.17) is 4.74 Å². The van der Waals surface area contributed by atoms with Gasteiger partial charge in [-0.1, -0.05) is 238 Å². The van der Waals surface area contributed by atoms with Crippen molar-refractivity contribution in [2.24, 2.45) is 0 Å². The number of carbonyl (C=O) groups excluding carboxylic acids is 8. The molecular formula is C116H161FN12O9. The van der Waals surface area contributed by atoms with Crippen molar-refractivity contribution in [1.29, 1.82) is 0 Å². The number of benzene rings is 9. The van der Waals surface area contributed by atoms with Crippen LogP contribution >= 0.6 is 0 Å². The lowest BCUT2D eigenvalue weighted by Gasteiger charge is -2.36. The molecule has 5 heterocycles. The second-order valence-corrected chi connectivity index (χ2v) is 37.3. The zero-order valence-electron chi connectivity index (χ0n) is 85.7. The number of halogens is 1. The molecule has 0 amide bonds. The fourth-order valence-electron chi connectivity index (χ4n) is 16.0. The summed E-state index contributed by atoms with van der Waals surface area (Å²) in [5.74, 6) is 1.37. The Morgan fingerprint density at radius 3 is 0.870 bits per heavy atom. The second kappa shape index (κ2) is 65.5. The van der Waals surface area contributed by atoms with Gasteiger partial charge in [-0.3, -0.25) is 53.1 Å². The van der Waals surface area contributed by atoms with E-state index in [0.29, 0.717) is 75.1 Å². The van der Waals surface area contributed by atoms with Crippen molar-refractivity contribution in [1.82, 2.24) is 53.9 Å². The summed E-state index contributed by atoms with van der Waals surface area (Å²) in [6, 6.07) is 77.3. The topological polar surface area (TPSA) is 185 Å². The third-order valence-electron chi connectivity index (χ3n) is 25.5. The molecule has 746 valence electrons. The Kier molecular flexibility index (Phi) is 54.4. The van der Waals surface area contributed by atoms with Crippen molar-refractivity contribution in [3.63, 3.8) is 0 Å². The molecule has 0 saturated carbocycles. The van der Waals surface area contributed by atoms with E-state index in [1.165, 1.54) is 41.4 Å². The number of ether oxygens (including phenoxy) is 1. The van der Waals surface area contributed by atoms with Gasteiger partial charge >= 0.3 is 0 Å². The molecule has 0 spiro atoms. The summed E-state index contributed by atoms with van der Waals surface area (Å²) in [6.45, 7) is 46.7. The summed E-state index contributed by atoms with van der Waals surface area (Å²) >= 11 is 0. The van der Waals surface area contributed by atoms with Crippen LogP contribution in [0, 0.1) is 33.5 Å². The van der Waals surface area contributed by atoms with E-state index in [0.717, 1.165) is 222 Å². The molecule has 0 aromatic heterocycles. The lowest BCUT2D eigenvalue weighted by molar-refractivity contribution is 0.0370. The first-order chi connectivity index (χ1) is 66.5. The van der Waals surface area contributed by atoms with Gasteiger partial charge in [0, 0.05) is 278 Å². The van der Waals surface area contributed by atoms with Gasteiger partial charge in [-0.05, 0) is 144 Å². The van der Waals surface area contributed by atoms with Gasteiger partial charge in [0.15, 0.2) is 46.3 Å². The van der Waals surface area contributed by atoms with Crippen molar-refractivity contribution in [3.8, 4) is 0 Å². The van der Waals surface area contributed by atoms with Crippen molar-refractivity contribution < 1.29 is 47.5 Å². The number of hydrogen-bond acceptors (Lipinski definition) is 21. The van der Waals surface area contributed by atoms with E-state index < -0.39 is 0 Å². The fraction of sp³-hybridized carbons (Fsp3) is 0.466. The maximum absolute atomic E-state index is 13.2. The van der Waals surface area contributed by atoms with Gasteiger partial charge in [0.1, 0.15) is 5.82 Å². The number of nitrogens with zero attached hydrogens (tertiary/aromatic N) is 12. The molecule has 0 atom stereocenters. The smallest absolute Gasteiger partial charge is 0.164 e. The van der Waals surface area contributed by atoms with Crippen LogP contribution in [0.3, 0.4) is 0 Å². The first kappa shape index (κ1) is 115. The van der Waals surface area contributed by atoms with Crippen LogP contribution in [0.1, 0.15) is 191 Å². The van der Waals surface area contributed by atoms with Crippen molar-refractivity contribution >= 4 is 52.0 Å². The van der Waals surface area contributed by atoms with Crippen molar-refractivity contribution in [2.45, 2.75) is 119 Å². The monoisotopic (exact) mass is 1890 g/mol. The van der Waals surface area contributed by atoms with Crippen molar-refractivity contribution in [2.75, 3.05) is 244 Å². The van der Waals surface area contributed by atoms with Crippen molar-refractivity contribution in [3.05, 3.63) is 315 Å². The molecule has 5 aliphatic rings. The molecular weight excluding hydrogens is 1720 g/mol. The normalized spacial score (nSPS) is 15.1. The number of rotatable bonds is 37. The average Bonchev–Trinajstić information content (AvgIpc) is 0.872. The van der Waals surface area contributed by atoms with Gasteiger partial charge in [0.25, 0.3) is 0 Å². The predicted molar refractivity (Wildman–Crippen MR) is 565 cm³/mol. The first-order valence-electron chi connectivity index (χ1n) is 50.1. The summed E-state index contributed by atoms with van der Waals surface area (Å²) in [5.41, 5.74) is 11.7. The van der Waals surface area contributed by atoms with Gasteiger partial charge in [-0.25, -0.2) is 4.39 Å². The zero-order chi connectivity index (χ0) is 99.8. The van der Waals surface area contributed by atoms with E-state index >= 15 is 0 Å². The van der Waals surface area contributed by atoms with Crippen LogP contribution in [-0.2, 0) is 4.74 Å². The molecule has 5 fully saturated rings. The summed E-state index contributed by atoms with van der Waals surface area (Å²) in [7, 11) is 11.7. The number of para-hydroxylation sites is 1. The lowest BCUT2D eigenvalue weighted by Crippen LogP contribution is -2.49. The van der Waals surface area contributed by atoms with Crippen LogP contribution in [-0.4, -0.2) is 345 Å². The minimum atomic E-state index is -0.314. The molecule has 0 unspecified atom stereocenters. The average molecular weight is 1890 g/mol. The summed E-state index contributed by atoms with van der Waals surface area (Å²) in [5, 5.41) is 0. The molecule has 9 aromatic rings. The predicted octanol–water partition coefficient (Wildman–Crippen LogP) is 18.0. The number of anilines is 1. The second-order valence-electron chi connectivity index (χ2n) is 37.3. The van der Waals surface area contributed by atoms with E-state index in [9.17, 15) is 42.7 Å². The van der Waals surface area contributed by atoms with Crippen LogP contribution in [0.4, 0.5) is 10.1 Å². The molecule has 0 bridgehead atoms. The quantitative estimate of drug-likeness (QED) is 0.0335. The maximum Gasteiger partial charge on any atom is 0.164 e. The minimum Gasteiger partial charge on any atom is -0.379 e. The summed E-state index contributed by atoms with van der Waals surface area (Å²) < 4.78 is 18.4. The third-order valence-corrected chi connectivity index (χ3v) is 25.5. The molecule has 0 aliphatic carbocycles. The number of carbonyl (C=O) groups is 8. The molecule has 0 N–H and O–H groups in total. The van der Waals surface area contributed by atoms with E-state index in [1.807, 2.05) is 265 Å². The highest BCUT2D eigenvalue weighted by Crippen LogP contribution is 2.20. The number of aryl methyl sites for hydroxylation is 4. The van der Waals surface area contributed by atoms with Gasteiger partial charge in [-0.2, -0.15) is 0 Å². The number of morpholine rings is 1. The van der Waals surface area contributed by atoms with Gasteiger partial charge in [0.2, 0.25) is 0 Å². The highest BCUT2D eigenvalue weighted by atomic mass is 19.1. The molecule has 5 aliphatic heterocycles. The number of Topliss-reactive ketones (excluding diaryl/α,β-unsaturated/α-hetero) is 8. The Hall–Kier alpha value is -10.4. The Labute approximate surface area is 826 Å². The number of ketones is 8. The number of piperazine rings is 4. The highest BCUT2D eigenvalue weighted by Gasteiger charge is 2.24. The molecule has 21 nitrogen and oxygen atoms in total. The molecule has 5 saturated heterocycles. The molecule has 0 radical (unpaired) electrons. The SMILES string of the molecule is CC(C)N1CCN(CCC(=O)c2ccccc2)CC1.CCCN1CCN(CCC(=O)c2ccccc2)CC1.CCN1CCN(CCC(=O)c2ccccc2)CC1.Cc1ccc(C(=O)CCN(C)C)cc1.Cc1ccc(C(=O)CCN(C)C)cc1C.Cc1ccc(C(=O)CCN(C)C)cc1F.O=C(CCN1CCN(c2ccccc2)CC1)c1ccccc1.O=C(CCN1CCOCC1)c1ccccc1. The zero-order valence-corrected chi connectivity index (χ0v) is 85.7. The standard InChI is InChI=1S/C19H22N2O.2C16H24N2O.C15H22N2O.C13H17NO2.C13H19NO.C12H16FNO.C12H17NO/c22-19(17-7-3-1-4-8-17)11-12-20-13-15-21(16-14-20)18-9-5-2-6-10-18;1-14(2)18-12-10-17(11-13-18)9-8-16(19)15-6-4-3-5-7-15;1-2-9-17-11-13-18(14-12-17)10-8-16(19)15-6-4-3-5-7-15;1-2-16-10-12-17(13-11-16)9-8-15(18)14-6-4-3-5-7-14;15-13(12-4-2-1-3-5-12)6-7-14-8-10-16-11-9-14;1-10-5-6-12(9-11(10)2)13(15)7-8-14(3)4;1-9-4-5-10(8-11(9)13)12(15)6-7-14(2)3;1-10-4-6-11(7-5-10)12(14)8-9-13(2)3/h1-10H,11-16H2;3-7,14H,8-13H2,1-2H3;3-7H,2,8-14H2,1H3;3-7H,2,8-13H2,1H3;1-5H,6-11H2;5-6,9H,7-8H2,1-4H3;4-5,8H,6-7H2,1-3H3;4-7H,8-9H2,1-3H3. The summed E-state index contributed by atoms with van der Waals surface area (Å²) in [4.78, 5) is 123. The van der Waals surface area contributed by atoms with Gasteiger partial charge in [0.05, 0.1) is 13.2 Å². The molecule has 138 heavy (non-hydrogen) atoms. The number of hydrogen-bond donors (Lipinski definition) is 0. The van der Waals surface area contributed by atoms with E-state index in [-0.39, 0.29) is 52.1 Å². The van der Waals surface area contributed by atoms with E-state index in [2.05, 4.69) is 109 Å². The van der Waals surface area contributed by atoms with Gasteiger partial charge in [-0.15, -0.1) is 0 Å². The van der Waals surface area contributed by atoms with Crippen LogP contribution in [0.2, 0.25) is 0 Å². The molecule has 22 heteroatoms. The largest absolute Gasteiger partial charge is 0.379 e. The van der Waals surface area contributed by atoms with Crippen LogP contribution in [0.5, 0.6) is 0 Å². The Morgan fingerprint density at radius 2 is 0.558 bits per heavy atom. The molecule has 9 aromatic carbocycles. The van der Waals surface area contributed by atoms with Crippen LogP contribution in [0.25, 0.3) is 0 Å². The third kappa shape index (κ3) is 45.7. The van der Waals surface area contributed by atoms with Crippen LogP contribution < -0.4 is 4.90 Å².